The number of fused-ring (bicyclic) bond motifs is 2. The summed E-state index contributed by atoms with van der Waals surface area (Å²) in [4.78, 5) is 56.7. The number of Topliss-reactive ketones (excluding diaryl/α,β-unsaturated/α-hetero) is 1. The number of aromatic nitrogens is 1. The maximum Gasteiger partial charge on any atom is 0.271 e. The minimum atomic E-state index is -1.02. The average Bonchev–Trinajstić information content (AvgIpc) is 3.69. The molecule has 1 aromatic heterocycles. The number of hydrogen-bond donors (Lipinski definition) is 4. The number of aliphatic hydroxyl groups excluding tert-OH is 1. The van der Waals surface area contributed by atoms with Crippen molar-refractivity contribution in [3.63, 3.8) is 0 Å². The molecular formula is C26H30Cl2N4O6. The summed E-state index contributed by atoms with van der Waals surface area (Å²) >= 11 is 12.6. The van der Waals surface area contributed by atoms with E-state index in [0.717, 1.165) is 19.3 Å². The molecule has 2 aliphatic heterocycles. The van der Waals surface area contributed by atoms with Gasteiger partial charge in [0.15, 0.2) is 5.78 Å². The molecule has 5 atom stereocenters. The third-order valence-electron chi connectivity index (χ3n) is 8.18. The van der Waals surface area contributed by atoms with Crippen molar-refractivity contribution in [1.82, 2.24) is 20.5 Å². The molecule has 0 spiro atoms. The number of aliphatic hydroxyl groups is 1. The van der Waals surface area contributed by atoms with Crippen LogP contribution < -0.4 is 15.4 Å². The third kappa shape index (κ3) is 4.74. The van der Waals surface area contributed by atoms with E-state index in [1.54, 1.807) is 17.0 Å². The summed E-state index contributed by atoms with van der Waals surface area (Å²) in [6.45, 7) is 0.168. The van der Waals surface area contributed by atoms with Crippen molar-refractivity contribution in [2.45, 2.75) is 44.2 Å². The average molecular weight is 565 g/mol. The standard InChI is InChI=1S/C26H30Cl2N4O6/c1-38-20-9-16(27)21(28)22-15(20)8-18(30-22)26(37)32-10-13-3-2-4-14(13)23(32)25(36)31-17(19(34)11-33)7-12-5-6-29-24(12)35/h8-9,12-14,17,23,30,33H,2-7,10-11H2,1H3,(H,29,35)(H,31,36). The fourth-order valence-corrected chi connectivity index (χ4v) is 6.68. The van der Waals surface area contributed by atoms with E-state index in [0.29, 0.717) is 36.2 Å². The van der Waals surface area contributed by atoms with Gasteiger partial charge in [0.2, 0.25) is 11.8 Å². The molecule has 10 nitrogen and oxygen atoms in total. The lowest BCUT2D eigenvalue weighted by atomic mass is 9.92. The Morgan fingerprint density at radius 3 is 2.71 bits per heavy atom. The summed E-state index contributed by atoms with van der Waals surface area (Å²) in [5, 5.41) is 16.2. The van der Waals surface area contributed by atoms with Crippen LogP contribution in [0, 0.1) is 17.8 Å². The van der Waals surface area contributed by atoms with Crippen molar-refractivity contribution in [2.24, 2.45) is 17.8 Å². The van der Waals surface area contributed by atoms with Gasteiger partial charge in [0.25, 0.3) is 5.91 Å². The highest BCUT2D eigenvalue weighted by Gasteiger charge is 2.50. The van der Waals surface area contributed by atoms with E-state index >= 15 is 0 Å². The van der Waals surface area contributed by atoms with E-state index in [1.165, 1.54) is 7.11 Å². The smallest absolute Gasteiger partial charge is 0.271 e. The molecule has 204 valence electrons. The first-order valence-electron chi connectivity index (χ1n) is 12.8. The van der Waals surface area contributed by atoms with Crippen LogP contribution in [-0.2, 0) is 14.4 Å². The molecular weight excluding hydrogens is 535 g/mol. The summed E-state index contributed by atoms with van der Waals surface area (Å²) in [6, 6.07) is 1.41. The summed E-state index contributed by atoms with van der Waals surface area (Å²) in [5.41, 5.74) is 0.703. The highest BCUT2D eigenvalue weighted by atomic mass is 35.5. The van der Waals surface area contributed by atoms with Crippen molar-refractivity contribution in [3.05, 3.63) is 27.9 Å². The Bertz CT molecular complexity index is 1300. The van der Waals surface area contributed by atoms with E-state index in [9.17, 15) is 24.3 Å². The number of nitrogens with zero attached hydrogens (tertiary/aromatic N) is 1. The Morgan fingerprint density at radius 2 is 2.03 bits per heavy atom. The van der Waals surface area contributed by atoms with E-state index in [2.05, 4.69) is 15.6 Å². The van der Waals surface area contributed by atoms with Gasteiger partial charge >= 0.3 is 0 Å². The molecule has 5 unspecified atom stereocenters. The second-order valence-corrected chi connectivity index (χ2v) is 11.1. The van der Waals surface area contributed by atoms with Crippen LogP contribution >= 0.6 is 23.2 Å². The minimum absolute atomic E-state index is 0.0458. The van der Waals surface area contributed by atoms with Crippen molar-refractivity contribution in [1.29, 1.82) is 0 Å². The molecule has 0 radical (unpaired) electrons. The zero-order valence-corrected chi connectivity index (χ0v) is 22.4. The Labute approximate surface area is 229 Å². The van der Waals surface area contributed by atoms with Crippen LogP contribution in [0.1, 0.15) is 42.6 Å². The van der Waals surface area contributed by atoms with Crippen LogP contribution in [0.5, 0.6) is 5.75 Å². The Kier molecular flexibility index (Phi) is 7.57. The number of carbonyl (C=O) groups is 4. The maximum atomic E-state index is 13.8. The van der Waals surface area contributed by atoms with Gasteiger partial charge in [0, 0.05) is 30.5 Å². The largest absolute Gasteiger partial charge is 0.496 e. The van der Waals surface area contributed by atoms with Gasteiger partial charge in [-0.2, -0.15) is 0 Å². The van der Waals surface area contributed by atoms with Crippen LogP contribution in [0.2, 0.25) is 10.0 Å². The molecule has 1 saturated carbocycles. The Morgan fingerprint density at radius 1 is 1.24 bits per heavy atom. The first-order valence-corrected chi connectivity index (χ1v) is 13.6. The van der Waals surface area contributed by atoms with Crippen molar-refractivity contribution in [3.8, 4) is 5.75 Å². The molecule has 1 aromatic carbocycles. The third-order valence-corrected chi connectivity index (χ3v) is 8.97. The molecule has 38 heavy (non-hydrogen) atoms. The highest BCUT2D eigenvalue weighted by Crippen LogP contribution is 2.43. The zero-order chi connectivity index (χ0) is 27.1. The van der Waals surface area contributed by atoms with E-state index in [-0.39, 0.29) is 45.8 Å². The number of H-pyrrole nitrogens is 1. The summed E-state index contributed by atoms with van der Waals surface area (Å²) < 4.78 is 5.41. The quantitative estimate of drug-likeness (QED) is 0.387. The van der Waals surface area contributed by atoms with E-state index in [4.69, 9.17) is 27.9 Å². The lowest BCUT2D eigenvalue weighted by molar-refractivity contribution is -0.133. The minimum Gasteiger partial charge on any atom is -0.496 e. The molecule has 3 aliphatic rings. The molecule has 3 fully saturated rings. The Hall–Kier alpha value is -2.82. The first-order chi connectivity index (χ1) is 18.2. The lowest BCUT2D eigenvalue weighted by Gasteiger charge is -2.29. The normalized spacial score (nSPS) is 25.4. The molecule has 0 bridgehead atoms. The van der Waals surface area contributed by atoms with Gasteiger partial charge in [0.05, 0.1) is 28.7 Å². The van der Waals surface area contributed by atoms with Crippen molar-refractivity contribution >= 4 is 57.6 Å². The molecule has 3 amide bonds. The van der Waals surface area contributed by atoms with Crippen LogP contribution in [-0.4, -0.2) is 77.4 Å². The number of ketones is 1. The SMILES string of the molecule is COc1cc(Cl)c(Cl)c2[nH]c(C(=O)N3CC4CCCC4C3C(=O)NC(CC3CCNC3=O)C(=O)CO)cc12. The van der Waals surface area contributed by atoms with Gasteiger partial charge in [-0.3, -0.25) is 19.2 Å². The topological polar surface area (TPSA) is 141 Å². The van der Waals surface area contributed by atoms with E-state index in [1.807, 2.05) is 0 Å². The number of nitrogens with one attached hydrogen (secondary N) is 3. The predicted octanol–water partition coefficient (Wildman–Crippen LogP) is 2.30. The molecule has 3 heterocycles. The van der Waals surface area contributed by atoms with Gasteiger partial charge < -0.3 is 30.4 Å². The number of amides is 3. The summed E-state index contributed by atoms with van der Waals surface area (Å²) in [7, 11) is 1.49. The second kappa shape index (κ2) is 10.7. The fraction of sp³-hybridized carbons (Fsp3) is 0.538. The molecule has 2 saturated heterocycles. The number of aromatic amines is 1. The maximum absolute atomic E-state index is 13.8. The number of methoxy groups -OCH3 is 1. The van der Waals surface area contributed by atoms with E-state index < -0.39 is 36.3 Å². The number of carbonyl (C=O) groups excluding carboxylic acids is 4. The van der Waals surface area contributed by atoms with Gasteiger partial charge in [-0.1, -0.05) is 29.6 Å². The fourth-order valence-electron chi connectivity index (χ4n) is 6.28. The molecule has 12 heteroatoms. The number of likely N-dealkylation sites (tertiary alicyclic amines) is 1. The number of rotatable bonds is 8. The molecule has 5 rings (SSSR count). The Balaban J connectivity index is 1.42. The second-order valence-electron chi connectivity index (χ2n) is 10.3. The van der Waals surface area contributed by atoms with Crippen LogP contribution in [0.4, 0.5) is 0 Å². The monoisotopic (exact) mass is 564 g/mol. The molecule has 4 N–H and O–H groups in total. The van der Waals surface area contributed by atoms with Crippen LogP contribution in [0.25, 0.3) is 10.9 Å². The van der Waals surface area contributed by atoms with Gasteiger partial charge in [-0.05, 0) is 43.6 Å². The van der Waals surface area contributed by atoms with Crippen molar-refractivity contribution < 1.29 is 29.0 Å². The number of ether oxygens (including phenoxy) is 1. The zero-order valence-electron chi connectivity index (χ0n) is 20.9. The summed E-state index contributed by atoms with van der Waals surface area (Å²) in [5.74, 6) is -1.40. The van der Waals surface area contributed by atoms with Gasteiger partial charge in [0.1, 0.15) is 24.1 Å². The molecule has 2 aromatic rings. The van der Waals surface area contributed by atoms with Crippen LogP contribution in [0.15, 0.2) is 12.1 Å². The van der Waals surface area contributed by atoms with Gasteiger partial charge in [-0.15, -0.1) is 0 Å². The number of halogens is 2. The van der Waals surface area contributed by atoms with Crippen LogP contribution in [0.3, 0.4) is 0 Å². The highest BCUT2D eigenvalue weighted by molar-refractivity contribution is 6.45. The summed E-state index contributed by atoms with van der Waals surface area (Å²) in [6.07, 6.45) is 3.31. The number of benzene rings is 1. The van der Waals surface area contributed by atoms with Gasteiger partial charge in [-0.25, -0.2) is 0 Å². The predicted molar refractivity (Wildman–Crippen MR) is 140 cm³/mol. The first kappa shape index (κ1) is 26.8. The molecule has 1 aliphatic carbocycles. The van der Waals surface area contributed by atoms with Crippen molar-refractivity contribution in [2.75, 3.05) is 26.8 Å². The lowest BCUT2D eigenvalue weighted by Crippen LogP contribution is -2.53. The number of hydrogen-bond acceptors (Lipinski definition) is 6.